The van der Waals surface area contributed by atoms with Crippen LogP contribution in [-0.2, 0) is 9.59 Å². The topological polar surface area (TPSA) is 58.2 Å². The summed E-state index contributed by atoms with van der Waals surface area (Å²) in [5, 5.41) is 6.37. The first-order chi connectivity index (χ1) is 12.3. The first-order valence-corrected chi connectivity index (χ1v) is 9.19. The lowest BCUT2D eigenvalue weighted by molar-refractivity contribution is -0.131. The lowest BCUT2D eigenvalue weighted by Crippen LogP contribution is -2.35. The number of rotatable bonds is 5. The molecule has 0 saturated heterocycles. The summed E-state index contributed by atoms with van der Waals surface area (Å²) in [6.45, 7) is 6.11. The van der Waals surface area contributed by atoms with Gasteiger partial charge in [0.05, 0.1) is 0 Å². The Morgan fingerprint density at radius 3 is 2.15 bits per heavy atom. The number of halogens is 1. The average molecular weight is 371 g/mol. The molecule has 0 radical (unpaired) electrons. The highest BCUT2D eigenvalue weighted by molar-refractivity contribution is 6.30. The zero-order chi connectivity index (χ0) is 18.9. The lowest BCUT2D eigenvalue weighted by Gasteiger charge is -2.17. The van der Waals surface area contributed by atoms with Crippen molar-refractivity contribution in [1.29, 1.82) is 0 Å². The Balaban J connectivity index is 1.69. The van der Waals surface area contributed by atoms with Gasteiger partial charge in [0.15, 0.2) is 0 Å². The van der Waals surface area contributed by atoms with E-state index in [1.807, 2.05) is 31.2 Å². The minimum Gasteiger partial charge on any atom is -0.325 e. The van der Waals surface area contributed by atoms with Crippen LogP contribution in [-0.4, -0.2) is 11.8 Å². The summed E-state index contributed by atoms with van der Waals surface area (Å²) in [6.07, 6.45) is 1.11. The number of hydrogen-bond donors (Lipinski definition) is 2. The van der Waals surface area contributed by atoms with E-state index in [4.69, 9.17) is 11.6 Å². The molecule has 2 aromatic rings. The van der Waals surface area contributed by atoms with Crippen molar-refractivity contribution in [2.24, 2.45) is 5.41 Å². The Bertz CT molecular complexity index is 840. The number of benzene rings is 2. The number of amides is 2. The van der Waals surface area contributed by atoms with Gasteiger partial charge in [-0.25, -0.2) is 0 Å². The Morgan fingerprint density at radius 2 is 1.62 bits per heavy atom. The van der Waals surface area contributed by atoms with Gasteiger partial charge in [-0.05, 0) is 67.1 Å². The summed E-state index contributed by atoms with van der Waals surface area (Å²) in [5.74, 6) is -0.0824. The normalized spacial score (nSPS) is 14.8. The Morgan fingerprint density at radius 1 is 1.00 bits per heavy atom. The van der Waals surface area contributed by atoms with E-state index in [1.54, 1.807) is 18.2 Å². The molecular formula is C21H23ClN2O2. The molecule has 0 aromatic heterocycles. The van der Waals surface area contributed by atoms with Crippen LogP contribution in [0.2, 0.25) is 5.02 Å². The maximum Gasteiger partial charge on any atom is 0.240 e. The number of nitrogens with one attached hydrogen (secondary N) is 2. The minimum atomic E-state index is -0.983. The van der Waals surface area contributed by atoms with Crippen molar-refractivity contribution in [3.63, 3.8) is 0 Å². The smallest absolute Gasteiger partial charge is 0.240 e. The summed E-state index contributed by atoms with van der Waals surface area (Å²) >= 11 is 5.95. The predicted molar refractivity (Wildman–Crippen MR) is 106 cm³/mol. The van der Waals surface area contributed by atoms with E-state index >= 15 is 0 Å². The van der Waals surface area contributed by atoms with Crippen LogP contribution in [0.3, 0.4) is 0 Å². The van der Waals surface area contributed by atoms with E-state index in [0.717, 1.165) is 5.56 Å². The second-order valence-corrected chi connectivity index (χ2v) is 7.66. The highest BCUT2D eigenvalue weighted by Crippen LogP contribution is 2.47. The molecule has 2 N–H and O–H groups in total. The number of carbonyl (C=O) groups excluding carboxylic acids is 2. The van der Waals surface area contributed by atoms with Gasteiger partial charge in [0.1, 0.15) is 5.41 Å². The summed E-state index contributed by atoms with van der Waals surface area (Å²) < 4.78 is 0. The molecule has 0 unspecified atom stereocenters. The molecule has 3 rings (SSSR count). The van der Waals surface area contributed by atoms with Crippen molar-refractivity contribution >= 4 is 34.8 Å². The van der Waals surface area contributed by atoms with Gasteiger partial charge in [-0.2, -0.15) is 0 Å². The Hall–Kier alpha value is -2.33. The molecular weight excluding hydrogens is 348 g/mol. The third-order valence-corrected chi connectivity index (χ3v) is 5.13. The van der Waals surface area contributed by atoms with Gasteiger partial charge in [-0.3, -0.25) is 9.59 Å². The fourth-order valence-corrected chi connectivity index (χ4v) is 3.12. The first kappa shape index (κ1) is 18.5. The van der Waals surface area contributed by atoms with E-state index in [1.165, 1.54) is 5.56 Å². The van der Waals surface area contributed by atoms with E-state index < -0.39 is 5.41 Å². The van der Waals surface area contributed by atoms with Crippen molar-refractivity contribution in [1.82, 2.24) is 0 Å². The second kappa shape index (κ2) is 7.12. The van der Waals surface area contributed by atoms with Gasteiger partial charge in [0.2, 0.25) is 11.8 Å². The highest BCUT2D eigenvalue weighted by Gasteiger charge is 2.56. The molecule has 0 heterocycles. The molecule has 1 saturated carbocycles. The summed E-state index contributed by atoms with van der Waals surface area (Å²) in [6, 6.07) is 13.0. The van der Waals surface area contributed by atoms with Crippen LogP contribution in [0.1, 0.15) is 43.7 Å². The molecule has 5 heteroatoms. The van der Waals surface area contributed by atoms with Crippen molar-refractivity contribution in [2.45, 2.75) is 39.5 Å². The van der Waals surface area contributed by atoms with Gasteiger partial charge in [0.25, 0.3) is 0 Å². The van der Waals surface area contributed by atoms with Crippen molar-refractivity contribution in [3.8, 4) is 0 Å². The van der Waals surface area contributed by atoms with E-state index in [9.17, 15) is 9.59 Å². The molecule has 0 aliphatic heterocycles. The van der Waals surface area contributed by atoms with E-state index in [0.29, 0.717) is 35.2 Å². The molecule has 0 spiro atoms. The number of hydrogen-bond acceptors (Lipinski definition) is 2. The molecule has 4 nitrogen and oxygen atoms in total. The van der Waals surface area contributed by atoms with E-state index in [-0.39, 0.29) is 11.8 Å². The standard InChI is InChI=1S/C21H23ClN2O2/c1-13(2)15-4-7-17(8-5-15)23-19(25)21(10-11-21)20(26)24-18-9-6-16(22)12-14(18)3/h4-9,12-13H,10-11H2,1-3H3,(H,23,25)(H,24,26). The number of anilines is 2. The molecule has 1 aliphatic carbocycles. The predicted octanol–water partition coefficient (Wildman–Crippen LogP) is 5.13. The molecule has 1 aliphatic rings. The zero-order valence-corrected chi connectivity index (χ0v) is 16.0. The monoisotopic (exact) mass is 370 g/mol. The molecule has 2 amide bonds. The summed E-state index contributed by atoms with van der Waals surface area (Å²) in [4.78, 5) is 25.4. The number of carbonyl (C=O) groups is 2. The highest BCUT2D eigenvalue weighted by atomic mass is 35.5. The third-order valence-electron chi connectivity index (χ3n) is 4.89. The molecule has 136 valence electrons. The third kappa shape index (κ3) is 3.75. The van der Waals surface area contributed by atoms with Crippen LogP contribution >= 0.6 is 11.6 Å². The fraction of sp³-hybridized carbons (Fsp3) is 0.333. The number of aryl methyl sites for hydroxylation is 1. The van der Waals surface area contributed by atoms with Crippen LogP contribution in [0.15, 0.2) is 42.5 Å². The SMILES string of the molecule is Cc1cc(Cl)ccc1NC(=O)C1(C(=O)Nc2ccc(C(C)C)cc2)CC1. The second-order valence-electron chi connectivity index (χ2n) is 7.23. The molecule has 0 bridgehead atoms. The zero-order valence-electron chi connectivity index (χ0n) is 15.2. The van der Waals surface area contributed by atoms with Gasteiger partial charge in [-0.15, -0.1) is 0 Å². The molecule has 26 heavy (non-hydrogen) atoms. The first-order valence-electron chi connectivity index (χ1n) is 8.81. The molecule has 2 aromatic carbocycles. The van der Waals surface area contributed by atoms with Gasteiger partial charge in [-0.1, -0.05) is 37.6 Å². The fourth-order valence-electron chi connectivity index (χ4n) is 2.89. The van der Waals surface area contributed by atoms with Gasteiger partial charge in [0, 0.05) is 16.4 Å². The lowest BCUT2D eigenvalue weighted by atomic mass is 10.0. The van der Waals surface area contributed by atoms with Crippen molar-refractivity contribution in [3.05, 3.63) is 58.6 Å². The Labute approximate surface area is 158 Å². The minimum absolute atomic E-state index is 0.251. The Kier molecular flexibility index (Phi) is 5.05. The van der Waals surface area contributed by atoms with Gasteiger partial charge >= 0.3 is 0 Å². The van der Waals surface area contributed by atoms with Crippen LogP contribution in [0.5, 0.6) is 0 Å². The molecule has 0 atom stereocenters. The van der Waals surface area contributed by atoms with Crippen LogP contribution in [0.4, 0.5) is 11.4 Å². The average Bonchev–Trinajstić information content (AvgIpc) is 3.40. The van der Waals surface area contributed by atoms with Crippen LogP contribution < -0.4 is 10.6 Å². The quantitative estimate of drug-likeness (QED) is 0.717. The summed E-state index contributed by atoms with van der Waals surface area (Å²) in [5.41, 5.74) is 2.48. The van der Waals surface area contributed by atoms with Gasteiger partial charge < -0.3 is 10.6 Å². The largest absolute Gasteiger partial charge is 0.325 e. The molecule has 1 fully saturated rings. The maximum atomic E-state index is 12.7. The van der Waals surface area contributed by atoms with Crippen molar-refractivity contribution in [2.75, 3.05) is 10.6 Å². The summed E-state index contributed by atoms with van der Waals surface area (Å²) in [7, 11) is 0. The van der Waals surface area contributed by atoms with Crippen molar-refractivity contribution < 1.29 is 9.59 Å². The van der Waals surface area contributed by atoms with Crippen LogP contribution in [0.25, 0.3) is 0 Å². The van der Waals surface area contributed by atoms with Crippen LogP contribution in [0, 0.1) is 12.3 Å². The van der Waals surface area contributed by atoms with E-state index in [2.05, 4.69) is 24.5 Å². The maximum absolute atomic E-state index is 12.7.